The molecule has 1 aliphatic carbocycles. The molecular weight excluding hydrogens is 320 g/mol. The van der Waals surface area contributed by atoms with Gasteiger partial charge in [-0.05, 0) is 43.2 Å². The first-order valence-electron chi connectivity index (χ1n) is 8.57. The van der Waals surface area contributed by atoms with Gasteiger partial charge in [0.25, 0.3) is 5.91 Å². The number of hydrogen-bond acceptors (Lipinski definition) is 5. The molecular formula is C19H18N2O4. The maximum absolute atomic E-state index is 13.0. The molecule has 3 atom stereocenters. The Bertz CT molecular complexity index is 810. The molecule has 2 fully saturated rings. The lowest BCUT2D eigenvalue weighted by Gasteiger charge is -2.27. The molecule has 3 heterocycles. The van der Waals surface area contributed by atoms with Crippen molar-refractivity contribution in [1.82, 2.24) is 9.88 Å². The first-order valence-corrected chi connectivity index (χ1v) is 8.57. The number of amides is 1. The van der Waals surface area contributed by atoms with Crippen molar-refractivity contribution in [3.63, 3.8) is 0 Å². The molecule has 2 aromatic rings. The van der Waals surface area contributed by atoms with Crippen molar-refractivity contribution in [3.8, 4) is 17.2 Å². The molecule has 0 N–H and O–H groups in total. The summed E-state index contributed by atoms with van der Waals surface area (Å²) in [5, 5.41) is 0. The zero-order valence-corrected chi connectivity index (χ0v) is 13.6. The summed E-state index contributed by atoms with van der Waals surface area (Å²) in [4.78, 5) is 19.0. The number of benzene rings is 1. The molecule has 1 aromatic heterocycles. The minimum absolute atomic E-state index is 0.0327. The van der Waals surface area contributed by atoms with E-state index in [9.17, 15) is 4.79 Å². The molecule has 3 aliphatic rings. The number of carbonyl (C=O) groups is 1. The SMILES string of the molecule is O=C(c1ccc2c(c1)OCO2)N1C[C@H]2CC[C@H]1[C@H]2Oc1cccnc1. The van der Waals surface area contributed by atoms with E-state index in [-0.39, 0.29) is 24.8 Å². The van der Waals surface area contributed by atoms with Gasteiger partial charge >= 0.3 is 0 Å². The summed E-state index contributed by atoms with van der Waals surface area (Å²) < 4.78 is 16.9. The van der Waals surface area contributed by atoms with Crippen molar-refractivity contribution in [2.45, 2.75) is 25.0 Å². The molecule has 6 heteroatoms. The second-order valence-electron chi connectivity index (χ2n) is 6.70. The topological polar surface area (TPSA) is 60.9 Å². The number of rotatable bonds is 3. The Balaban J connectivity index is 1.36. The summed E-state index contributed by atoms with van der Waals surface area (Å²) in [7, 11) is 0. The predicted octanol–water partition coefficient (Wildman–Crippen LogP) is 2.49. The Kier molecular flexibility index (Phi) is 3.29. The van der Waals surface area contributed by atoms with Crippen LogP contribution in [0.1, 0.15) is 23.2 Å². The lowest BCUT2D eigenvalue weighted by molar-refractivity contribution is 0.0666. The number of fused-ring (bicyclic) bond motifs is 3. The maximum atomic E-state index is 13.0. The molecule has 1 aromatic carbocycles. The van der Waals surface area contributed by atoms with E-state index in [0.29, 0.717) is 23.0 Å². The monoisotopic (exact) mass is 338 g/mol. The largest absolute Gasteiger partial charge is 0.486 e. The van der Waals surface area contributed by atoms with Crippen LogP contribution in [0.15, 0.2) is 42.7 Å². The second-order valence-corrected chi connectivity index (χ2v) is 6.70. The zero-order chi connectivity index (χ0) is 16.8. The van der Waals surface area contributed by atoms with Crippen LogP contribution < -0.4 is 14.2 Å². The standard InChI is InChI=1S/C19H18N2O4/c22-19(12-4-6-16-17(8-12)24-11-23-16)21-10-13-3-5-15(21)18(13)25-14-2-1-7-20-9-14/h1-2,4,6-9,13,15,18H,3,5,10-11H2/t13-,15+,18+/m1/s1. The highest BCUT2D eigenvalue weighted by molar-refractivity contribution is 5.95. The molecule has 0 unspecified atom stereocenters. The molecule has 2 aliphatic heterocycles. The molecule has 0 radical (unpaired) electrons. The van der Waals surface area contributed by atoms with Crippen LogP contribution in [0.2, 0.25) is 0 Å². The van der Waals surface area contributed by atoms with Gasteiger partial charge in [0.2, 0.25) is 6.79 Å². The Morgan fingerprint density at radius 2 is 2.12 bits per heavy atom. The number of piperidine rings is 1. The highest BCUT2D eigenvalue weighted by atomic mass is 16.7. The van der Waals surface area contributed by atoms with Crippen LogP contribution in [0.3, 0.4) is 0 Å². The normalized spacial score (nSPS) is 26.1. The van der Waals surface area contributed by atoms with Crippen LogP contribution in [0.5, 0.6) is 17.2 Å². The van der Waals surface area contributed by atoms with E-state index in [1.54, 1.807) is 30.6 Å². The molecule has 128 valence electrons. The average molecular weight is 338 g/mol. The Morgan fingerprint density at radius 3 is 3.00 bits per heavy atom. The average Bonchev–Trinajstić information content (AvgIpc) is 3.36. The van der Waals surface area contributed by atoms with E-state index in [1.807, 2.05) is 17.0 Å². The van der Waals surface area contributed by atoms with Gasteiger partial charge in [-0.2, -0.15) is 0 Å². The van der Waals surface area contributed by atoms with Crippen molar-refractivity contribution in [2.75, 3.05) is 13.3 Å². The summed E-state index contributed by atoms with van der Waals surface area (Å²) in [5.74, 6) is 2.51. The van der Waals surface area contributed by atoms with Gasteiger partial charge < -0.3 is 19.1 Å². The highest BCUT2D eigenvalue weighted by Gasteiger charge is 2.50. The van der Waals surface area contributed by atoms with Crippen molar-refractivity contribution in [2.24, 2.45) is 5.92 Å². The van der Waals surface area contributed by atoms with Crippen molar-refractivity contribution < 1.29 is 19.0 Å². The Morgan fingerprint density at radius 1 is 1.20 bits per heavy atom. The molecule has 1 saturated heterocycles. The number of hydrogen-bond donors (Lipinski definition) is 0. The number of aromatic nitrogens is 1. The quantitative estimate of drug-likeness (QED) is 0.860. The molecule has 0 spiro atoms. The van der Waals surface area contributed by atoms with Crippen LogP contribution in [-0.2, 0) is 0 Å². The van der Waals surface area contributed by atoms with Gasteiger partial charge in [-0.1, -0.05) is 0 Å². The van der Waals surface area contributed by atoms with E-state index in [2.05, 4.69) is 4.98 Å². The first kappa shape index (κ1) is 14.6. The van der Waals surface area contributed by atoms with Crippen molar-refractivity contribution in [1.29, 1.82) is 0 Å². The molecule has 5 rings (SSSR count). The first-order chi connectivity index (χ1) is 12.3. The van der Waals surface area contributed by atoms with E-state index >= 15 is 0 Å². The van der Waals surface area contributed by atoms with Gasteiger partial charge in [-0.3, -0.25) is 9.78 Å². The van der Waals surface area contributed by atoms with Crippen LogP contribution in [0.4, 0.5) is 0 Å². The predicted molar refractivity (Wildman–Crippen MR) is 88.8 cm³/mol. The van der Waals surface area contributed by atoms with Crippen molar-refractivity contribution in [3.05, 3.63) is 48.3 Å². The summed E-state index contributed by atoms with van der Waals surface area (Å²) in [6, 6.07) is 9.26. The van der Waals surface area contributed by atoms with Gasteiger partial charge in [-0.15, -0.1) is 0 Å². The number of ether oxygens (including phenoxy) is 3. The van der Waals surface area contributed by atoms with Crippen LogP contribution in [0.25, 0.3) is 0 Å². The van der Waals surface area contributed by atoms with Gasteiger partial charge in [0.05, 0.1) is 12.2 Å². The molecule has 1 saturated carbocycles. The fraction of sp³-hybridized carbons (Fsp3) is 0.368. The van der Waals surface area contributed by atoms with E-state index < -0.39 is 0 Å². The van der Waals surface area contributed by atoms with Gasteiger partial charge in [0.1, 0.15) is 11.9 Å². The lowest BCUT2D eigenvalue weighted by atomic mass is 10.1. The van der Waals surface area contributed by atoms with Gasteiger partial charge in [0.15, 0.2) is 11.5 Å². The van der Waals surface area contributed by atoms with E-state index in [4.69, 9.17) is 14.2 Å². The maximum Gasteiger partial charge on any atom is 0.254 e. The Hall–Kier alpha value is -2.76. The zero-order valence-electron chi connectivity index (χ0n) is 13.6. The number of carbonyl (C=O) groups excluding carboxylic acids is 1. The van der Waals surface area contributed by atoms with Gasteiger partial charge in [-0.25, -0.2) is 0 Å². The van der Waals surface area contributed by atoms with Gasteiger partial charge in [0, 0.05) is 24.2 Å². The summed E-state index contributed by atoms with van der Waals surface area (Å²) in [5.41, 5.74) is 0.636. The van der Waals surface area contributed by atoms with Crippen LogP contribution >= 0.6 is 0 Å². The number of likely N-dealkylation sites (tertiary alicyclic amines) is 1. The second kappa shape index (κ2) is 5.65. The minimum atomic E-state index is 0.0327. The van der Waals surface area contributed by atoms with E-state index in [1.165, 1.54) is 0 Å². The smallest absolute Gasteiger partial charge is 0.254 e. The lowest BCUT2D eigenvalue weighted by Crippen LogP contribution is -2.40. The third-order valence-electron chi connectivity index (χ3n) is 5.30. The highest BCUT2D eigenvalue weighted by Crippen LogP contribution is 2.41. The molecule has 6 nitrogen and oxygen atoms in total. The summed E-state index contributed by atoms with van der Waals surface area (Å²) in [6.45, 7) is 0.950. The fourth-order valence-corrected chi connectivity index (χ4v) is 4.12. The molecule has 2 bridgehead atoms. The third-order valence-corrected chi connectivity index (χ3v) is 5.30. The minimum Gasteiger partial charge on any atom is -0.486 e. The third kappa shape index (κ3) is 2.40. The van der Waals surface area contributed by atoms with E-state index in [0.717, 1.165) is 25.1 Å². The summed E-state index contributed by atoms with van der Waals surface area (Å²) >= 11 is 0. The van der Waals surface area contributed by atoms with Crippen LogP contribution in [0, 0.1) is 5.92 Å². The summed E-state index contributed by atoms with van der Waals surface area (Å²) in [6.07, 6.45) is 5.57. The fourth-order valence-electron chi connectivity index (χ4n) is 4.12. The molecule has 1 amide bonds. The van der Waals surface area contributed by atoms with Crippen LogP contribution in [-0.4, -0.2) is 41.3 Å². The molecule has 25 heavy (non-hydrogen) atoms. The Labute approximate surface area is 145 Å². The number of nitrogens with zero attached hydrogens (tertiary/aromatic N) is 2. The van der Waals surface area contributed by atoms with Crippen molar-refractivity contribution >= 4 is 5.91 Å². The number of pyridine rings is 1.